The Morgan fingerprint density at radius 3 is 2.33 bits per heavy atom. The lowest BCUT2D eigenvalue weighted by Gasteiger charge is -2.26. The molecule has 1 heterocycles. The Balaban J connectivity index is 1.97. The maximum absolute atomic E-state index is 12.2. The quantitative estimate of drug-likeness (QED) is 0.839. The van der Waals surface area contributed by atoms with Crippen LogP contribution in [0.15, 0.2) is 24.3 Å². The summed E-state index contributed by atoms with van der Waals surface area (Å²) < 4.78 is 28.4. The Hall–Kier alpha value is -1.60. The first-order valence-electron chi connectivity index (χ1n) is 7.06. The van der Waals surface area contributed by atoms with Crippen molar-refractivity contribution in [2.75, 3.05) is 17.8 Å². The van der Waals surface area contributed by atoms with Crippen molar-refractivity contribution in [2.24, 2.45) is 0 Å². The fourth-order valence-electron chi connectivity index (χ4n) is 2.31. The molecule has 1 aromatic rings. The van der Waals surface area contributed by atoms with Crippen LogP contribution in [0.3, 0.4) is 0 Å². The monoisotopic (exact) mass is 312 g/mol. The average Bonchev–Trinajstić information content (AvgIpc) is 2.47. The van der Waals surface area contributed by atoms with Crippen molar-refractivity contribution < 1.29 is 18.3 Å². The van der Waals surface area contributed by atoms with Crippen molar-refractivity contribution in [3.8, 4) is 0 Å². The zero-order valence-corrected chi connectivity index (χ0v) is 12.6. The van der Waals surface area contributed by atoms with Crippen LogP contribution in [0, 0.1) is 0 Å². The highest BCUT2D eigenvalue weighted by molar-refractivity contribution is 7.90. The second-order valence-corrected chi connectivity index (χ2v) is 6.83. The summed E-state index contributed by atoms with van der Waals surface area (Å²) in [6, 6.07) is 6.82. The summed E-state index contributed by atoms with van der Waals surface area (Å²) in [5.74, 6) is -0.843. The number of nitrogens with one attached hydrogen (secondary N) is 1. The van der Waals surface area contributed by atoms with Crippen molar-refractivity contribution in [1.29, 1.82) is 0 Å². The molecule has 2 rings (SSSR count). The molecule has 1 saturated heterocycles. The van der Waals surface area contributed by atoms with Gasteiger partial charge in [0, 0.05) is 25.2 Å². The predicted molar refractivity (Wildman–Crippen MR) is 80.4 cm³/mol. The van der Waals surface area contributed by atoms with Crippen LogP contribution < -0.4 is 4.72 Å². The smallest absolute Gasteiger partial charge is 0.303 e. The second kappa shape index (κ2) is 6.91. The Bertz CT molecular complexity index is 577. The zero-order chi connectivity index (χ0) is 15.3. The van der Waals surface area contributed by atoms with Gasteiger partial charge in [0.1, 0.15) is 0 Å². The lowest BCUT2D eigenvalue weighted by atomic mass is 10.1. The molecule has 7 heteroatoms. The number of benzene rings is 1. The van der Waals surface area contributed by atoms with Gasteiger partial charge < -0.3 is 5.11 Å². The van der Waals surface area contributed by atoms with Crippen molar-refractivity contribution in [3.63, 3.8) is 0 Å². The van der Waals surface area contributed by atoms with Gasteiger partial charge in [-0.3, -0.25) is 9.52 Å². The highest BCUT2D eigenvalue weighted by atomic mass is 32.2. The van der Waals surface area contributed by atoms with E-state index in [1.165, 1.54) is 4.31 Å². The van der Waals surface area contributed by atoms with Crippen LogP contribution in [-0.4, -0.2) is 36.9 Å². The van der Waals surface area contributed by atoms with Crippen molar-refractivity contribution in [2.45, 2.75) is 32.1 Å². The van der Waals surface area contributed by atoms with Gasteiger partial charge in [0.15, 0.2) is 0 Å². The molecule has 1 aliphatic heterocycles. The number of anilines is 1. The molecule has 1 fully saturated rings. The third kappa shape index (κ3) is 4.71. The predicted octanol–water partition coefficient (Wildman–Crippen LogP) is 1.85. The van der Waals surface area contributed by atoms with E-state index in [1.807, 2.05) is 0 Å². The fourth-order valence-corrected chi connectivity index (χ4v) is 3.61. The van der Waals surface area contributed by atoms with Crippen molar-refractivity contribution in [3.05, 3.63) is 29.8 Å². The van der Waals surface area contributed by atoms with E-state index in [1.54, 1.807) is 24.3 Å². The number of aliphatic carboxylic acids is 1. The number of rotatable bonds is 6. The molecule has 0 unspecified atom stereocenters. The van der Waals surface area contributed by atoms with Crippen LogP contribution in [0.4, 0.5) is 5.69 Å². The van der Waals surface area contributed by atoms with Gasteiger partial charge in [0.25, 0.3) is 0 Å². The molecule has 0 amide bonds. The molecule has 0 bridgehead atoms. The van der Waals surface area contributed by atoms with Gasteiger partial charge >= 0.3 is 16.2 Å². The molecular weight excluding hydrogens is 292 g/mol. The van der Waals surface area contributed by atoms with Crippen LogP contribution in [0.25, 0.3) is 0 Å². The minimum atomic E-state index is -3.49. The third-order valence-corrected chi connectivity index (χ3v) is 5.02. The molecule has 0 aliphatic carbocycles. The summed E-state index contributed by atoms with van der Waals surface area (Å²) in [5, 5.41) is 8.63. The number of aryl methyl sites for hydroxylation is 1. The Morgan fingerprint density at radius 2 is 1.76 bits per heavy atom. The molecule has 6 nitrogen and oxygen atoms in total. The summed E-state index contributed by atoms with van der Waals surface area (Å²) in [6.07, 6.45) is 3.38. The van der Waals surface area contributed by atoms with Crippen LogP contribution in [0.1, 0.15) is 31.2 Å². The topological polar surface area (TPSA) is 86.7 Å². The normalized spacial score (nSPS) is 16.6. The van der Waals surface area contributed by atoms with E-state index >= 15 is 0 Å². The average molecular weight is 312 g/mol. The minimum absolute atomic E-state index is 0.0683. The van der Waals surface area contributed by atoms with Gasteiger partial charge in [0.2, 0.25) is 0 Å². The van der Waals surface area contributed by atoms with Crippen molar-refractivity contribution in [1.82, 2.24) is 4.31 Å². The first kappa shape index (κ1) is 15.8. The summed E-state index contributed by atoms with van der Waals surface area (Å²) in [5.41, 5.74) is 1.37. The molecule has 1 aliphatic rings. The molecule has 0 spiro atoms. The maximum atomic E-state index is 12.2. The molecular formula is C14H20N2O4S. The first-order valence-corrected chi connectivity index (χ1v) is 8.50. The van der Waals surface area contributed by atoms with Crippen LogP contribution >= 0.6 is 0 Å². The number of hydrogen-bond acceptors (Lipinski definition) is 3. The van der Waals surface area contributed by atoms with Crippen LogP contribution in [-0.2, 0) is 21.4 Å². The Labute approximate surface area is 125 Å². The first-order chi connectivity index (χ1) is 9.97. The summed E-state index contributed by atoms with van der Waals surface area (Å²) >= 11 is 0. The number of carboxylic acid groups (broad SMARTS) is 1. The molecule has 0 atom stereocenters. The summed E-state index contributed by atoms with van der Waals surface area (Å²) in [6.45, 7) is 1.12. The van der Waals surface area contributed by atoms with Gasteiger partial charge in [-0.15, -0.1) is 0 Å². The molecule has 0 saturated carbocycles. The van der Waals surface area contributed by atoms with E-state index in [-0.39, 0.29) is 6.42 Å². The molecule has 1 aromatic carbocycles. The highest BCUT2D eigenvalue weighted by Crippen LogP contribution is 2.17. The van der Waals surface area contributed by atoms with Crippen LogP contribution in [0.5, 0.6) is 0 Å². The number of hydrogen-bond donors (Lipinski definition) is 2. The van der Waals surface area contributed by atoms with Gasteiger partial charge in [-0.25, -0.2) is 0 Å². The van der Waals surface area contributed by atoms with Crippen LogP contribution in [0.2, 0.25) is 0 Å². The summed E-state index contributed by atoms with van der Waals surface area (Å²) in [7, 11) is -3.49. The second-order valence-electron chi connectivity index (χ2n) is 5.16. The largest absolute Gasteiger partial charge is 0.481 e. The minimum Gasteiger partial charge on any atom is -0.481 e. The highest BCUT2D eigenvalue weighted by Gasteiger charge is 2.23. The number of piperidine rings is 1. The van der Waals surface area contributed by atoms with E-state index in [2.05, 4.69) is 4.72 Å². The van der Waals surface area contributed by atoms with Gasteiger partial charge in [-0.2, -0.15) is 12.7 Å². The molecule has 0 radical (unpaired) electrons. The SMILES string of the molecule is O=C(O)CCc1ccc(NS(=O)(=O)N2CCCCC2)cc1. The molecule has 2 N–H and O–H groups in total. The Morgan fingerprint density at radius 1 is 1.14 bits per heavy atom. The van der Waals surface area contributed by atoms with E-state index in [0.29, 0.717) is 25.2 Å². The van der Waals surface area contributed by atoms with E-state index in [4.69, 9.17) is 5.11 Å². The lowest BCUT2D eigenvalue weighted by Crippen LogP contribution is -2.39. The lowest BCUT2D eigenvalue weighted by molar-refractivity contribution is -0.136. The van der Waals surface area contributed by atoms with Gasteiger partial charge in [-0.05, 0) is 37.0 Å². The zero-order valence-electron chi connectivity index (χ0n) is 11.8. The van der Waals surface area contributed by atoms with Gasteiger partial charge in [-0.1, -0.05) is 18.6 Å². The molecule has 0 aromatic heterocycles. The van der Waals surface area contributed by atoms with E-state index < -0.39 is 16.2 Å². The fraction of sp³-hybridized carbons (Fsp3) is 0.500. The standard InChI is InChI=1S/C14H20N2O4S/c17-14(18)9-6-12-4-7-13(8-5-12)15-21(19,20)16-10-2-1-3-11-16/h4-5,7-8,15H,1-3,6,9-11H2,(H,17,18). The van der Waals surface area contributed by atoms with Crippen molar-refractivity contribution >= 4 is 21.9 Å². The number of carboxylic acids is 1. The molecule has 21 heavy (non-hydrogen) atoms. The molecule has 116 valence electrons. The van der Waals surface area contributed by atoms with E-state index in [9.17, 15) is 13.2 Å². The number of nitrogens with zero attached hydrogens (tertiary/aromatic N) is 1. The van der Waals surface area contributed by atoms with E-state index in [0.717, 1.165) is 24.8 Å². The summed E-state index contributed by atoms with van der Waals surface area (Å²) in [4.78, 5) is 10.5. The van der Waals surface area contributed by atoms with Gasteiger partial charge in [0.05, 0.1) is 0 Å². The Kier molecular flexibility index (Phi) is 5.19. The maximum Gasteiger partial charge on any atom is 0.303 e. The number of carbonyl (C=O) groups is 1. The third-order valence-electron chi connectivity index (χ3n) is 3.48.